The molecule has 1 aliphatic rings. The fourth-order valence-corrected chi connectivity index (χ4v) is 2.58. The van der Waals surface area contributed by atoms with Crippen LogP contribution in [0.4, 0.5) is 10.5 Å². The second-order valence-corrected chi connectivity index (χ2v) is 5.84. The van der Waals surface area contributed by atoms with Gasteiger partial charge in [-0.2, -0.15) is 0 Å². The maximum absolute atomic E-state index is 12.0. The maximum Gasteiger partial charge on any atom is 0.325 e. The van der Waals surface area contributed by atoms with Gasteiger partial charge in [0, 0.05) is 31.4 Å². The van der Waals surface area contributed by atoms with E-state index in [1.807, 2.05) is 32.0 Å². The summed E-state index contributed by atoms with van der Waals surface area (Å²) in [6, 6.07) is 5.56. The Bertz CT molecular complexity index is 565. The van der Waals surface area contributed by atoms with Crippen molar-refractivity contribution in [3.63, 3.8) is 0 Å². The van der Waals surface area contributed by atoms with E-state index in [0.29, 0.717) is 11.7 Å². The minimum Gasteiger partial charge on any atom is -0.314 e. The lowest BCUT2D eigenvalue weighted by Crippen LogP contribution is -2.53. The molecule has 128 valence electrons. The van der Waals surface area contributed by atoms with Gasteiger partial charge in [0.15, 0.2) is 0 Å². The van der Waals surface area contributed by atoms with E-state index in [9.17, 15) is 9.59 Å². The van der Waals surface area contributed by atoms with Gasteiger partial charge < -0.3 is 10.6 Å². The number of halogens is 1. The lowest BCUT2D eigenvalue weighted by atomic mass is 10.1. The third kappa shape index (κ3) is 5.82. The van der Waals surface area contributed by atoms with Gasteiger partial charge >= 0.3 is 6.03 Å². The second kappa shape index (κ2) is 8.86. The van der Waals surface area contributed by atoms with Crippen molar-refractivity contribution in [3.8, 4) is 0 Å². The van der Waals surface area contributed by atoms with Gasteiger partial charge in [-0.15, -0.1) is 12.4 Å². The monoisotopic (exact) mass is 340 g/mol. The zero-order valence-electron chi connectivity index (χ0n) is 13.8. The first kappa shape index (κ1) is 19.4. The van der Waals surface area contributed by atoms with E-state index in [1.54, 1.807) is 0 Å². The summed E-state index contributed by atoms with van der Waals surface area (Å²) in [5, 5.41) is 8.37. The van der Waals surface area contributed by atoms with E-state index in [0.717, 1.165) is 30.8 Å². The van der Waals surface area contributed by atoms with Gasteiger partial charge in [-0.25, -0.2) is 4.79 Å². The van der Waals surface area contributed by atoms with E-state index >= 15 is 0 Å². The largest absolute Gasteiger partial charge is 0.325 e. The van der Waals surface area contributed by atoms with E-state index in [2.05, 4.69) is 27.8 Å². The standard InChI is InChI=1S/C16H24N4O2.ClH/c1-11-4-5-14(12(2)8-11)18-16(22)19-15(21)10-20-7-6-17-9-13(20)3;/h4-5,8,13,17H,6-7,9-10H2,1-3H3,(H2,18,19,21,22);1H/t13-;/m0./s1. The van der Waals surface area contributed by atoms with Crippen molar-refractivity contribution in [2.45, 2.75) is 26.8 Å². The van der Waals surface area contributed by atoms with Crippen LogP contribution >= 0.6 is 12.4 Å². The normalized spacial score (nSPS) is 18.0. The Morgan fingerprint density at radius 1 is 1.35 bits per heavy atom. The number of urea groups is 1. The van der Waals surface area contributed by atoms with E-state index < -0.39 is 6.03 Å². The molecular weight excluding hydrogens is 316 g/mol. The molecule has 1 aromatic carbocycles. The third-order valence-corrected chi connectivity index (χ3v) is 3.87. The van der Waals surface area contributed by atoms with Gasteiger partial charge in [-0.05, 0) is 32.4 Å². The van der Waals surface area contributed by atoms with Crippen molar-refractivity contribution in [2.24, 2.45) is 0 Å². The Kier molecular flexibility index (Phi) is 7.48. The zero-order chi connectivity index (χ0) is 16.1. The molecule has 0 aromatic heterocycles. The molecule has 1 heterocycles. The van der Waals surface area contributed by atoms with Crippen LogP contribution < -0.4 is 16.0 Å². The van der Waals surface area contributed by atoms with Crippen molar-refractivity contribution < 1.29 is 9.59 Å². The molecule has 3 amide bonds. The lowest BCUT2D eigenvalue weighted by Gasteiger charge is -2.33. The molecule has 0 saturated carbocycles. The van der Waals surface area contributed by atoms with Crippen LogP contribution in [0.25, 0.3) is 0 Å². The van der Waals surface area contributed by atoms with Gasteiger partial charge in [0.2, 0.25) is 5.91 Å². The quantitative estimate of drug-likeness (QED) is 0.782. The highest BCUT2D eigenvalue weighted by molar-refractivity contribution is 6.02. The second-order valence-electron chi connectivity index (χ2n) is 5.84. The summed E-state index contributed by atoms with van der Waals surface area (Å²) in [5.41, 5.74) is 2.82. The maximum atomic E-state index is 12.0. The summed E-state index contributed by atoms with van der Waals surface area (Å²) in [6.45, 7) is 8.77. The summed E-state index contributed by atoms with van der Waals surface area (Å²) in [6.07, 6.45) is 0. The van der Waals surface area contributed by atoms with Crippen molar-refractivity contribution in [2.75, 3.05) is 31.5 Å². The Morgan fingerprint density at radius 2 is 2.09 bits per heavy atom. The molecule has 0 radical (unpaired) electrons. The number of nitrogens with one attached hydrogen (secondary N) is 3. The van der Waals surface area contributed by atoms with Crippen LogP contribution in [0, 0.1) is 13.8 Å². The average molecular weight is 341 g/mol. The number of rotatable bonds is 3. The Morgan fingerprint density at radius 3 is 2.74 bits per heavy atom. The third-order valence-electron chi connectivity index (χ3n) is 3.87. The van der Waals surface area contributed by atoms with Crippen molar-refractivity contribution in [1.82, 2.24) is 15.5 Å². The number of aryl methyl sites for hydroxylation is 2. The number of carbonyl (C=O) groups excluding carboxylic acids is 2. The molecule has 1 saturated heterocycles. The van der Waals surface area contributed by atoms with Crippen LogP contribution in [-0.2, 0) is 4.79 Å². The van der Waals surface area contributed by atoms with Crippen molar-refractivity contribution in [1.29, 1.82) is 0 Å². The topological polar surface area (TPSA) is 73.5 Å². The Labute approximate surface area is 143 Å². The molecule has 1 aliphatic heterocycles. The van der Waals surface area contributed by atoms with Gasteiger partial charge in [0.1, 0.15) is 0 Å². The van der Waals surface area contributed by atoms with Crippen molar-refractivity contribution >= 4 is 30.0 Å². The van der Waals surface area contributed by atoms with Crippen LogP contribution in [0.5, 0.6) is 0 Å². The predicted molar refractivity (Wildman–Crippen MR) is 94.2 cm³/mol. The molecule has 23 heavy (non-hydrogen) atoms. The Hall–Kier alpha value is -1.63. The minimum absolute atomic E-state index is 0. The number of imide groups is 1. The average Bonchev–Trinajstić information content (AvgIpc) is 2.44. The summed E-state index contributed by atoms with van der Waals surface area (Å²) < 4.78 is 0. The van der Waals surface area contributed by atoms with Crippen molar-refractivity contribution in [3.05, 3.63) is 29.3 Å². The molecule has 6 nitrogen and oxygen atoms in total. The first-order valence-corrected chi connectivity index (χ1v) is 7.58. The molecule has 1 fully saturated rings. The minimum atomic E-state index is -0.486. The number of hydrogen-bond acceptors (Lipinski definition) is 4. The van der Waals surface area contributed by atoms with Crippen LogP contribution in [-0.4, -0.2) is 49.1 Å². The van der Waals surface area contributed by atoms with Crippen LogP contribution in [0.2, 0.25) is 0 Å². The molecule has 0 spiro atoms. The SMILES string of the molecule is Cc1ccc(NC(=O)NC(=O)CN2CCNC[C@@H]2C)c(C)c1.Cl. The van der Waals surface area contributed by atoms with Gasteiger partial charge in [0.05, 0.1) is 6.54 Å². The first-order chi connectivity index (χ1) is 10.5. The van der Waals surface area contributed by atoms with Crippen LogP contribution in [0.1, 0.15) is 18.1 Å². The highest BCUT2D eigenvalue weighted by Crippen LogP contribution is 2.15. The molecule has 1 atom stereocenters. The first-order valence-electron chi connectivity index (χ1n) is 7.58. The smallest absolute Gasteiger partial charge is 0.314 e. The number of carbonyl (C=O) groups is 2. The lowest BCUT2D eigenvalue weighted by molar-refractivity contribution is -0.121. The highest BCUT2D eigenvalue weighted by Gasteiger charge is 2.21. The molecule has 0 bridgehead atoms. The van der Waals surface area contributed by atoms with Gasteiger partial charge in [0.25, 0.3) is 0 Å². The number of benzene rings is 1. The summed E-state index contributed by atoms with van der Waals surface area (Å²) in [4.78, 5) is 25.9. The fraction of sp³-hybridized carbons (Fsp3) is 0.500. The predicted octanol–water partition coefficient (Wildman–Crippen LogP) is 1.67. The van der Waals surface area contributed by atoms with Crippen LogP contribution in [0.15, 0.2) is 18.2 Å². The Balaban J connectivity index is 0.00000264. The van der Waals surface area contributed by atoms with E-state index in [-0.39, 0.29) is 24.9 Å². The number of anilines is 1. The number of nitrogens with zero attached hydrogens (tertiary/aromatic N) is 1. The van der Waals surface area contributed by atoms with E-state index in [1.165, 1.54) is 0 Å². The van der Waals surface area contributed by atoms with Gasteiger partial charge in [-0.3, -0.25) is 15.0 Å². The van der Waals surface area contributed by atoms with Crippen LogP contribution in [0.3, 0.4) is 0 Å². The number of piperazine rings is 1. The summed E-state index contributed by atoms with van der Waals surface area (Å²) in [5.74, 6) is -0.281. The molecule has 2 rings (SSSR count). The molecular formula is C16H25ClN4O2. The number of amides is 3. The molecule has 0 aliphatic carbocycles. The molecule has 3 N–H and O–H groups in total. The summed E-state index contributed by atoms with van der Waals surface area (Å²) in [7, 11) is 0. The zero-order valence-corrected chi connectivity index (χ0v) is 14.6. The number of hydrogen-bond donors (Lipinski definition) is 3. The fourth-order valence-electron chi connectivity index (χ4n) is 2.58. The van der Waals surface area contributed by atoms with Gasteiger partial charge in [-0.1, -0.05) is 17.7 Å². The molecule has 0 unspecified atom stereocenters. The van der Waals surface area contributed by atoms with E-state index in [4.69, 9.17) is 0 Å². The summed E-state index contributed by atoms with van der Waals surface area (Å²) >= 11 is 0. The highest BCUT2D eigenvalue weighted by atomic mass is 35.5. The molecule has 1 aromatic rings. The molecule has 7 heteroatoms.